The summed E-state index contributed by atoms with van der Waals surface area (Å²) in [7, 11) is -2.33. The molecule has 0 aliphatic carbocycles. The van der Waals surface area contributed by atoms with Crippen LogP contribution in [0.1, 0.15) is 22.8 Å². The minimum atomic E-state index is -3.91. The highest BCUT2D eigenvalue weighted by Crippen LogP contribution is 2.24. The Morgan fingerprint density at radius 1 is 1.05 bits per heavy atom. The lowest BCUT2D eigenvalue weighted by Crippen LogP contribution is -2.20. The summed E-state index contributed by atoms with van der Waals surface area (Å²) in [6.07, 6.45) is 0. The number of nitrogens with zero attached hydrogens (tertiary/aromatic N) is 2. The molecule has 0 unspecified atom stereocenters. The third kappa shape index (κ3) is 6.13. The number of carbonyl (C=O) groups is 2. The van der Waals surface area contributed by atoms with E-state index in [1.54, 1.807) is 37.4 Å². The quantitative estimate of drug-likeness (QED) is 0.349. The number of anilines is 2. The van der Waals surface area contributed by atoms with Crippen molar-refractivity contribution in [2.45, 2.75) is 25.3 Å². The largest absolute Gasteiger partial charge is 0.383 e. The number of amides is 2. The first-order valence-electron chi connectivity index (χ1n) is 11.4. The molecule has 4 rings (SSSR count). The third-order valence-corrected chi connectivity index (χ3v) is 7.87. The Balaban J connectivity index is 1.74. The first kappa shape index (κ1) is 26.3. The first-order valence-corrected chi connectivity index (χ1v) is 13.7. The van der Waals surface area contributed by atoms with E-state index in [9.17, 15) is 18.0 Å². The van der Waals surface area contributed by atoms with Gasteiger partial charge in [-0.2, -0.15) is 4.99 Å². The number of para-hydroxylation sites is 1. The zero-order chi connectivity index (χ0) is 26.6. The van der Waals surface area contributed by atoms with Crippen LogP contribution >= 0.6 is 11.3 Å². The van der Waals surface area contributed by atoms with Gasteiger partial charge < -0.3 is 14.6 Å². The molecule has 0 aliphatic heterocycles. The first-order chi connectivity index (χ1) is 17.7. The molecule has 2 N–H and O–H groups in total. The van der Waals surface area contributed by atoms with Crippen molar-refractivity contribution in [2.24, 2.45) is 4.99 Å². The second-order valence-corrected chi connectivity index (χ2v) is 11.0. The van der Waals surface area contributed by atoms with Crippen molar-refractivity contribution in [3.05, 3.63) is 82.7 Å². The molecular formula is C26H26N4O5S2. The van der Waals surface area contributed by atoms with E-state index in [1.807, 2.05) is 23.6 Å². The number of ether oxygens (including phenoxy) is 1. The minimum Gasteiger partial charge on any atom is -0.383 e. The lowest BCUT2D eigenvalue weighted by Gasteiger charge is -2.11. The van der Waals surface area contributed by atoms with Crippen LogP contribution in [0.3, 0.4) is 0 Å². The summed E-state index contributed by atoms with van der Waals surface area (Å²) in [5.41, 5.74) is 2.65. The van der Waals surface area contributed by atoms with Gasteiger partial charge in [-0.15, -0.1) is 0 Å². The molecule has 11 heteroatoms. The van der Waals surface area contributed by atoms with E-state index in [4.69, 9.17) is 4.74 Å². The Hall–Kier alpha value is -3.80. The normalized spacial score (nSPS) is 12.0. The summed E-state index contributed by atoms with van der Waals surface area (Å²) in [6.45, 7) is 4.14. The van der Waals surface area contributed by atoms with Gasteiger partial charge in [-0.05, 0) is 49.4 Å². The average Bonchev–Trinajstić information content (AvgIpc) is 3.18. The number of nitrogens with one attached hydrogen (secondary N) is 2. The van der Waals surface area contributed by atoms with Gasteiger partial charge in [0, 0.05) is 26.3 Å². The zero-order valence-corrected chi connectivity index (χ0v) is 22.2. The van der Waals surface area contributed by atoms with Gasteiger partial charge in [0.25, 0.3) is 15.9 Å². The number of carbonyl (C=O) groups excluding carboxylic acids is 2. The van der Waals surface area contributed by atoms with Crippen LogP contribution in [0.15, 0.2) is 76.6 Å². The summed E-state index contributed by atoms with van der Waals surface area (Å²) in [4.78, 5) is 29.6. The van der Waals surface area contributed by atoms with Crippen LogP contribution < -0.4 is 14.8 Å². The van der Waals surface area contributed by atoms with Crippen molar-refractivity contribution in [3.63, 3.8) is 0 Å². The van der Waals surface area contributed by atoms with Crippen molar-refractivity contribution >= 4 is 54.8 Å². The number of fused-ring (bicyclic) bond motifs is 1. The molecule has 37 heavy (non-hydrogen) atoms. The van der Waals surface area contributed by atoms with Crippen LogP contribution in [0.2, 0.25) is 0 Å². The summed E-state index contributed by atoms with van der Waals surface area (Å²) < 4.78 is 36.3. The predicted octanol–water partition coefficient (Wildman–Crippen LogP) is 4.16. The highest BCUT2D eigenvalue weighted by Gasteiger charge is 2.19. The standard InChI is InChI=1S/C26H26N4O5S2/c1-17-8-11-20(12-9-17)37(33,34)29-22-7-5-4-6-21(22)25(32)28-26-30(14-15-35-3)23-13-10-19(27-18(2)31)16-24(23)36-26/h4-13,16,29H,14-15H2,1-3H3,(H,27,31). The molecule has 0 saturated carbocycles. The number of sulfonamides is 1. The number of hydrogen-bond donors (Lipinski definition) is 2. The number of rotatable bonds is 8. The summed E-state index contributed by atoms with van der Waals surface area (Å²) in [6, 6.07) is 18.2. The van der Waals surface area contributed by atoms with Crippen LogP contribution in [0, 0.1) is 6.92 Å². The van der Waals surface area contributed by atoms with Gasteiger partial charge in [-0.1, -0.05) is 41.2 Å². The van der Waals surface area contributed by atoms with Crippen molar-refractivity contribution in [3.8, 4) is 0 Å². The molecule has 0 bridgehead atoms. The molecule has 0 radical (unpaired) electrons. The van der Waals surface area contributed by atoms with E-state index in [0.717, 1.165) is 15.8 Å². The van der Waals surface area contributed by atoms with Crippen molar-refractivity contribution < 1.29 is 22.7 Å². The maximum absolute atomic E-state index is 13.3. The highest BCUT2D eigenvalue weighted by molar-refractivity contribution is 7.92. The fourth-order valence-electron chi connectivity index (χ4n) is 3.67. The molecule has 0 spiro atoms. The van der Waals surface area contributed by atoms with E-state index in [2.05, 4.69) is 15.0 Å². The number of aryl methyl sites for hydroxylation is 1. The van der Waals surface area contributed by atoms with Gasteiger partial charge in [0.1, 0.15) is 0 Å². The summed E-state index contributed by atoms with van der Waals surface area (Å²) >= 11 is 1.29. The van der Waals surface area contributed by atoms with Gasteiger partial charge in [0.15, 0.2) is 4.80 Å². The maximum Gasteiger partial charge on any atom is 0.281 e. The van der Waals surface area contributed by atoms with Gasteiger partial charge in [0.2, 0.25) is 5.91 Å². The summed E-state index contributed by atoms with van der Waals surface area (Å²) in [5, 5.41) is 2.75. The number of benzene rings is 3. The molecule has 9 nitrogen and oxygen atoms in total. The fourth-order valence-corrected chi connectivity index (χ4v) is 5.84. The Labute approximate surface area is 218 Å². The van der Waals surface area contributed by atoms with E-state index in [1.165, 1.54) is 42.5 Å². The maximum atomic E-state index is 13.3. The zero-order valence-electron chi connectivity index (χ0n) is 20.5. The third-order valence-electron chi connectivity index (χ3n) is 5.45. The summed E-state index contributed by atoms with van der Waals surface area (Å²) in [5.74, 6) is -0.782. The Bertz CT molecular complexity index is 1640. The SMILES string of the molecule is COCCn1c(=NC(=O)c2ccccc2NS(=O)(=O)c2ccc(C)cc2)sc2cc(NC(C)=O)ccc21. The molecule has 0 saturated heterocycles. The Kier molecular flexibility index (Phi) is 7.86. The van der Waals surface area contributed by atoms with E-state index in [-0.39, 0.29) is 22.1 Å². The van der Waals surface area contributed by atoms with Crippen LogP contribution in [0.5, 0.6) is 0 Å². The van der Waals surface area contributed by atoms with Gasteiger partial charge in [-0.25, -0.2) is 8.42 Å². The molecule has 1 heterocycles. The molecule has 0 fully saturated rings. The Morgan fingerprint density at radius 3 is 2.49 bits per heavy atom. The smallest absolute Gasteiger partial charge is 0.281 e. The van der Waals surface area contributed by atoms with Crippen LogP contribution in [0.25, 0.3) is 10.2 Å². The lowest BCUT2D eigenvalue weighted by atomic mass is 10.2. The molecule has 1 aromatic heterocycles. The van der Waals surface area contributed by atoms with E-state index >= 15 is 0 Å². The second kappa shape index (κ2) is 11.1. The van der Waals surface area contributed by atoms with Gasteiger partial charge >= 0.3 is 0 Å². The predicted molar refractivity (Wildman–Crippen MR) is 144 cm³/mol. The van der Waals surface area contributed by atoms with Gasteiger partial charge in [-0.3, -0.25) is 14.3 Å². The number of thiazole rings is 1. The van der Waals surface area contributed by atoms with Crippen LogP contribution in [0.4, 0.5) is 11.4 Å². The fraction of sp³-hybridized carbons (Fsp3) is 0.192. The average molecular weight is 539 g/mol. The minimum absolute atomic E-state index is 0.0918. The van der Waals surface area contributed by atoms with Crippen LogP contribution in [-0.4, -0.2) is 38.5 Å². The topological polar surface area (TPSA) is 119 Å². The number of aromatic nitrogens is 1. The second-order valence-electron chi connectivity index (χ2n) is 8.27. The number of methoxy groups -OCH3 is 1. The molecule has 192 valence electrons. The molecule has 4 aromatic rings. The van der Waals surface area contributed by atoms with Crippen molar-refractivity contribution in [1.82, 2.24) is 4.57 Å². The van der Waals surface area contributed by atoms with E-state index in [0.29, 0.717) is 23.6 Å². The monoisotopic (exact) mass is 538 g/mol. The molecular weight excluding hydrogens is 512 g/mol. The molecule has 2 amide bonds. The lowest BCUT2D eigenvalue weighted by molar-refractivity contribution is -0.114. The molecule has 0 aliphatic rings. The van der Waals surface area contributed by atoms with Crippen molar-refractivity contribution in [2.75, 3.05) is 23.8 Å². The molecule has 0 atom stereocenters. The van der Waals surface area contributed by atoms with Gasteiger partial charge in [0.05, 0.1) is 33.0 Å². The van der Waals surface area contributed by atoms with Crippen LogP contribution in [-0.2, 0) is 26.1 Å². The van der Waals surface area contributed by atoms with E-state index < -0.39 is 15.9 Å². The Morgan fingerprint density at radius 2 is 1.78 bits per heavy atom. The molecule has 3 aromatic carbocycles. The number of hydrogen-bond acceptors (Lipinski definition) is 6. The van der Waals surface area contributed by atoms with Crippen molar-refractivity contribution in [1.29, 1.82) is 0 Å². The highest BCUT2D eigenvalue weighted by atomic mass is 32.2.